The number of carbonyl (C=O) groups is 1. The van der Waals surface area contributed by atoms with Crippen molar-refractivity contribution in [2.75, 3.05) is 0 Å². The van der Waals surface area contributed by atoms with Crippen LogP contribution in [0.5, 0.6) is 0 Å². The highest BCUT2D eigenvalue weighted by Gasteiger charge is 2.05. The van der Waals surface area contributed by atoms with E-state index in [2.05, 4.69) is 30.4 Å². The van der Waals surface area contributed by atoms with Gasteiger partial charge in [0.25, 0.3) is 0 Å². The first-order valence-electron chi connectivity index (χ1n) is 10.6. The van der Waals surface area contributed by atoms with Crippen LogP contribution in [0.25, 0.3) is 0 Å². The van der Waals surface area contributed by atoms with Crippen molar-refractivity contribution in [1.29, 1.82) is 0 Å². The van der Waals surface area contributed by atoms with Gasteiger partial charge < -0.3 is 4.74 Å². The maximum absolute atomic E-state index is 11.7. The maximum atomic E-state index is 11.7. The molecular formula is C24H38O2. The van der Waals surface area contributed by atoms with E-state index in [-0.39, 0.29) is 12.1 Å². The van der Waals surface area contributed by atoms with Gasteiger partial charge in [0, 0.05) is 6.08 Å². The van der Waals surface area contributed by atoms with Crippen molar-refractivity contribution >= 4 is 5.97 Å². The fourth-order valence-electron chi connectivity index (χ4n) is 3.06. The Kier molecular flexibility index (Phi) is 14.6. The van der Waals surface area contributed by atoms with Crippen LogP contribution in [0.4, 0.5) is 0 Å². The molecule has 0 aromatic heterocycles. The van der Waals surface area contributed by atoms with E-state index < -0.39 is 0 Å². The summed E-state index contributed by atoms with van der Waals surface area (Å²) in [7, 11) is 0. The van der Waals surface area contributed by atoms with E-state index >= 15 is 0 Å². The number of carbonyl (C=O) groups excluding carboxylic acids is 1. The first kappa shape index (κ1) is 22.5. The minimum atomic E-state index is -0.241. The van der Waals surface area contributed by atoms with Crippen LogP contribution in [-0.2, 0) is 9.53 Å². The van der Waals surface area contributed by atoms with Crippen LogP contribution in [-0.4, -0.2) is 12.1 Å². The lowest BCUT2D eigenvalue weighted by molar-refractivity contribution is -0.142. The van der Waals surface area contributed by atoms with Crippen LogP contribution in [0, 0.1) is 0 Å². The molecule has 0 saturated carbocycles. The molecule has 2 nitrogen and oxygen atoms in total. The zero-order valence-electron chi connectivity index (χ0n) is 16.7. The third-order valence-electron chi connectivity index (χ3n) is 4.65. The summed E-state index contributed by atoms with van der Waals surface area (Å²) in [6, 6.07) is 0. The average Bonchev–Trinajstić information content (AvgIpc) is 2.62. The number of cyclic esters (lactones) is 1. The predicted octanol–water partition coefficient (Wildman–Crippen LogP) is 7.23. The summed E-state index contributed by atoms with van der Waals surface area (Å²) in [5.74, 6) is -0.241. The van der Waals surface area contributed by atoms with Gasteiger partial charge in [-0.05, 0) is 51.9 Å². The molecule has 0 aromatic rings. The lowest BCUT2D eigenvalue weighted by atomic mass is 10.1. The molecule has 0 N–H and O–H groups in total. The van der Waals surface area contributed by atoms with Gasteiger partial charge in [0.05, 0.1) is 6.10 Å². The van der Waals surface area contributed by atoms with Gasteiger partial charge in [-0.25, -0.2) is 4.79 Å². The Labute approximate surface area is 161 Å². The standard InChI is InChI=1S/C24H38O2/c1-23-21-19-17-15-13-11-9-7-5-3-2-4-6-8-10-12-14-16-18-20-22-24(25)26-23/h9,11,13,15-16,18,20,22-23H,2-8,10,12,14,17,19,21H2,1H3/b11-9+,15-13+,18-16+,22-20-/t23-/m1/s1. The lowest BCUT2D eigenvalue weighted by Gasteiger charge is -2.10. The molecule has 0 amide bonds. The molecule has 0 bridgehead atoms. The summed E-state index contributed by atoms with van der Waals surface area (Å²) in [6.45, 7) is 1.97. The van der Waals surface area contributed by atoms with Crippen LogP contribution in [0.3, 0.4) is 0 Å². The van der Waals surface area contributed by atoms with Crippen molar-refractivity contribution in [1.82, 2.24) is 0 Å². The van der Waals surface area contributed by atoms with E-state index in [0.29, 0.717) is 0 Å². The fourth-order valence-corrected chi connectivity index (χ4v) is 3.06. The highest BCUT2D eigenvalue weighted by molar-refractivity contribution is 5.82. The summed E-state index contributed by atoms with van der Waals surface area (Å²) in [5.41, 5.74) is 0. The minimum Gasteiger partial charge on any atom is -0.460 e. The topological polar surface area (TPSA) is 26.3 Å². The normalized spacial score (nSPS) is 28.2. The van der Waals surface area contributed by atoms with Gasteiger partial charge in [0.2, 0.25) is 0 Å². The summed E-state index contributed by atoms with van der Waals surface area (Å²) >= 11 is 0. The Morgan fingerprint density at radius 3 is 1.73 bits per heavy atom. The van der Waals surface area contributed by atoms with Gasteiger partial charge in [-0.1, -0.05) is 81.1 Å². The van der Waals surface area contributed by atoms with Crippen LogP contribution in [0.15, 0.2) is 48.6 Å². The second kappa shape index (κ2) is 16.9. The zero-order chi connectivity index (χ0) is 18.7. The Balaban J connectivity index is 2.35. The van der Waals surface area contributed by atoms with Gasteiger partial charge >= 0.3 is 5.97 Å². The van der Waals surface area contributed by atoms with Crippen LogP contribution in [0.2, 0.25) is 0 Å². The van der Waals surface area contributed by atoms with Crippen molar-refractivity contribution in [2.24, 2.45) is 0 Å². The highest BCUT2D eigenvalue weighted by Crippen LogP contribution is 2.11. The number of allylic oxidation sites excluding steroid dienone is 7. The molecule has 26 heavy (non-hydrogen) atoms. The first-order chi connectivity index (χ1) is 12.8. The van der Waals surface area contributed by atoms with Crippen molar-refractivity contribution in [3.8, 4) is 0 Å². The Morgan fingerprint density at radius 1 is 0.692 bits per heavy atom. The highest BCUT2D eigenvalue weighted by atomic mass is 16.5. The molecule has 1 aliphatic rings. The molecular weight excluding hydrogens is 320 g/mol. The summed E-state index contributed by atoms with van der Waals surface area (Å²) < 4.78 is 5.39. The van der Waals surface area contributed by atoms with Crippen molar-refractivity contribution in [3.05, 3.63) is 48.6 Å². The van der Waals surface area contributed by atoms with Crippen molar-refractivity contribution < 1.29 is 9.53 Å². The van der Waals surface area contributed by atoms with E-state index in [1.807, 2.05) is 13.0 Å². The summed E-state index contributed by atoms with van der Waals surface area (Å²) in [5, 5.41) is 0. The SMILES string of the molecule is C[C@@H]1CCC/C=C/C=C/CCCCCCCCCC/C=C/C=C\C(=O)O1. The Bertz CT molecular complexity index is 457. The van der Waals surface area contributed by atoms with Crippen LogP contribution in [0.1, 0.15) is 90.4 Å². The van der Waals surface area contributed by atoms with E-state index in [9.17, 15) is 4.79 Å². The van der Waals surface area contributed by atoms with Gasteiger partial charge in [-0.15, -0.1) is 0 Å². The fraction of sp³-hybridized carbons (Fsp3) is 0.625. The van der Waals surface area contributed by atoms with Crippen LogP contribution < -0.4 is 0 Å². The zero-order valence-corrected chi connectivity index (χ0v) is 16.7. The molecule has 0 aromatic carbocycles. The molecule has 1 rings (SSSR count). The number of hydrogen-bond donors (Lipinski definition) is 0. The molecule has 0 spiro atoms. The van der Waals surface area contributed by atoms with E-state index in [1.165, 1.54) is 63.9 Å². The molecule has 1 aliphatic heterocycles. The molecule has 2 heteroatoms. The third kappa shape index (κ3) is 14.7. The van der Waals surface area contributed by atoms with E-state index in [4.69, 9.17) is 4.74 Å². The molecule has 1 heterocycles. The van der Waals surface area contributed by atoms with Crippen molar-refractivity contribution in [2.45, 2.75) is 96.5 Å². The number of hydrogen-bond acceptors (Lipinski definition) is 2. The molecule has 0 saturated heterocycles. The number of rotatable bonds is 0. The van der Waals surface area contributed by atoms with Gasteiger partial charge in [-0.3, -0.25) is 0 Å². The average molecular weight is 359 g/mol. The summed E-state index contributed by atoms with van der Waals surface area (Å²) in [4.78, 5) is 11.7. The van der Waals surface area contributed by atoms with Crippen molar-refractivity contribution in [3.63, 3.8) is 0 Å². The smallest absolute Gasteiger partial charge is 0.331 e. The minimum absolute atomic E-state index is 0.0226. The molecule has 0 radical (unpaired) electrons. The monoisotopic (exact) mass is 358 g/mol. The Morgan fingerprint density at radius 2 is 1.15 bits per heavy atom. The number of ether oxygens (including phenoxy) is 1. The van der Waals surface area contributed by atoms with Gasteiger partial charge in [0.15, 0.2) is 0 Å². The number of esters is 1. The quantitative estimate of drug-likeness (QED) is 0.427. The van der Waals surface area contributed by atoms with Crippen LogP contribution >= 0.6 is 0 Å². The van der Waals surface area contributed by atoms with E-state index in [0.717, 1.165) is 25.7 Å². The van der Waals surface area contributed by atoms with Gasteiger partial charge in [0.1, 0.15) is 0 Å². The van der Waals surface area contributed by atoms with Gasteiger partial charge in [-0.2, -0.15) is 0 Å². The largest absolute Gasteiger partial charge is 0.460 e. The molecule has 1 atom stereocenters. The molecule has 0 unspecified atom stereocenters. The molecule has 0 fully saturated rings. The predicted molar refractivity (Wildman–Crippen MR) is 112 cm³/mol. The maximum Gasteiger partial charge on any atom is 0.331 e. The lowest BCUT2D eigenvalue weighted by Crippen LogP contribution is -2.12. The molecule has 146 valence electrons. The second-order valence-corrected chi connectivity index (χ2v) is 7.23. The third-order valence-corrected chi connectivity index (χ3v) is 4.65. The van der Waals surface area contributed by atoms with E-state index in [1.54, 1.807) is 6.08 Å². The Hall–Kier alpha value is -1.57. The second-order valence-electron chi connectivity index (χ2n) is 7.23. The summed E-state index contributed by atoms with van der Waals surface area (Å²) in [6.07, 6.45) is 32.1. The molecule has 0 aliphatic carbocycles. The first-order valence-corrected chi connectivity index (χ1v) is 10.6.